The third-order valence-electron chi connectivity index (χ3n) is 7.09. The van der Waals surface area contributed by atoms with Gasteiger partial charge in [0.05, 0.1) is 4.90 Å². The first-order valence-corrected chi connectivity index (χ1v) is 12.2. The SMILES string of the molecule is Cc1ccc(S(=O)(=O)NC[C@H]2CN(CC3CC3)CC23CCCCC3)c(C)c1. The van der Waals surface area contributed by atoms with Crippen LogP contribution in [0.25, 0.3) is 0 Å². The molecule has 3 fully saturated rings. The molecule has 0 radical (unpaired) electrons. The van der Waals surface area contributed by atoms with Crippen LogP contribution in [-0.4, -0.2) is 39.5 Å². The van der Waals surface area contributed by atoms with E-state index in [2.05, 4.69) is 9.62 Å². The maximum Gasteiger partial charge on any atom is 0.240 e. The maximum atomic E-state index is 12.9. The Morgan fingerprint density at radius 3 is 2.56 bits per heavy atom. The zero-order valence-electron chi connectivity index (χ0n) is 16.8. The first-order chi connectivity index (χ1) is 12.9. The predicted molar refractivity (Wildman–Crippen MR) is 109 cm³/mol. The van der Waals surface area contributed by atoms with E-state index in [1.807, 2.05) is 26.0 Å². The largest absolute Gasteiger partial charge is 0.302 e. The van der Waals surface area contributed by atoms with Gasteiger partial charge < -0.3 is 4.90 Å². The molecule has 1 heterocycles. The molecular formula is C22H34N2O2S. The summed E-state index contributed by atoms with van der Waals surface area (Å²) in [6.45, 7) is 7.93. The average molecular weight is 391 g/mol. The summed E-state index contributed by atoms with van der Waals surface area (Å²) >= 11 is 0. The van der Waals surface area contributed by atoms with E-state index in [9.17, 15) is 8.42 Å². The van der Waals surface area contributed by atoms with Crippen molar-refractivity contribution >= 4 is 10.0 Å². The molecule has 27 heavy (non-hydrogen) atoms. The van der Waals surface area contributed by atoms with Gasteiger partial charge in [-0.3, -0.25) is 0 Å². The number of nitrogens with one attached hydrogen (secondary N) is 1. The highest BCUT2D eigenvalue weighted by Gasteiger charge is 2.47. The Morgan fingerprint density at radius 1 is 1.15 bits per heavy atom. The molecule has 2 saturated carbocycles. The lowest BCUT2D eigenvalue weighted by Crippen LogP contribution is -2.40. The van der Waals surface area contributed by atoms with E-state index in [1.165, 1.54) is 58.0 Å². The summed E-state index contributed by atoms with van der Waals surface area (Å²) in [5, 5.41) is 0. The van der Waals surface area contributed by atoms with Crippen molar-refractivity contribution in [3.05, 3.63) is 29.3 Å². The molecule has 3 aliphatic rings. The number of nitrogens with zero attached hydrogens (tertiary/aromatic N) is 1. The van der Waals surface area contributed by atoms with Crippen molar-refractivity contribution in [3.63, 3.8) is 0 Å². The summed E-state index contributed by atoms with van der Waals surface area (Å²) in [5.74, 6) is 1.34. The minimum absolute atomic E-state index is 0.331. The molecule has 150 valence electrons. The normalized spacial score (nSPS) is 25.9. The van der Waals surface area contributed by atoms with Crippen LogP contribution in [0, 0.1) is 31.1 Å². The highest BCUT2D eigenvalue weighted by molar-refractivity contribution is 7.89. The van der Waals surface area contributed by atoms with Crippen molar-refractivity contribution in [1.29, 1.82) is 0 Å². The van der Waals surface area contributed by atoms with Gasteiger partial charge in [-0.25, -0.2) is 13.1 Å². The zero-order valence-corrected chi connectivity index (χ0v) is 17.7. The van der Waals surface area contributed by atoms with Gasteiger partial charge in [-0.05, 0) is 68.4 Å². The van der Waals surface area contributed by atoms with Gasteiger partial charge >= 0.3 is 0 Å². The third kappa shape index (κ3) is 4.25. The lowest BCUT2D eigenvalue weighted by atomic mass is 9.68. The molecule has 4 rings (SSSR count). The predicted octanol–water partition coefficient (Wildman–Crippen LogP) is 3.87. The van der Waals surface area contributed by atoms with Crippen LogP contribution in [0.4, 0.5) is 0 Å². The first-order valence-electron chi connectivity index (χ1n) is 10.7. The molecule has 1 aliphatic heterocycles. The molecule has 1 atom stereocenters. The van der Waals surface area contributed by atoms with Gasteiger partial charge in [-0.15, -0.1) is 0 Å². The van der Waals surface area contributed by atoms with Crippen LogP contribution in [0.1, 0.15) is 56.1 Å². The molecule has 4 nitrogen and oxygen atoms in total. The van der Waals surface area contributed by atoms with E-state index in [4.69, 9.17) is 0 Å². The van der Waals surface area contributed by atoms with Gasteiger partial charge in [0, 0.05) is 26.2 Å². The number of benzene rings is 1. The van der Waals surface area contributed by atoms with Gasteiger partial charge in [0.1, 0.15) is 0 Å². The van der Waals surface area contributed by atoms with Gasteiger partial charge in [-0.1, -0.05) is 37.0 Å². The summed E-state index contributed by atoms with van der Waals surface area (Å²) in [5.41, 5.74) is 2.26. The molecule has 0 bridgehead atoms. The van der Waals surface area contributed by atoms with Gasteiger partial charge in [-0.2, -0.15) is 0 Å². The molecule has 1 N–H and O–H groups in total. The summed E-state index contributed by atoms with van der Waals surface area (Å²) in [6, 6.07) is 5.58. The lowest BCUT2D eigenvalue weighted by molar-refractivity contribution is 0.140. The van der Waals surface area contributed by atoms with Crippen molar-refractivity contribution in [3.8, 4) is 0 Å². The Kier molecular flexibility index (Phi) is 5.38. The molecule has 1 saturated heterocycles. The van der Waals surface area contributed by atoms with Crippen LogP contribution < -0.4 is 4.72 Å². The second-order valence-corrected chi connectivity index (χ2v) is 11.1. The van der Waals surface area contributed by atoms with Crippen molar-refractivity contribution in [2.24, 2.45) is 17.3 Å². The topological polar surface area (TPSA) is 49.4 Å². The second-order valence-electron chi connectivity index (χ2n) is 9.38. The highest BCUT2D eigenvalue weighted by atomic mass is 32.2. The third-order valence-corrected chi connectivity index (χ3v) is 8.67. The van der Waals surface area contributed by atoms with Gasteiger partial charge in [0.25, 0.3) is 0 Å². The van der Waals surface area contributed by atoms with Gasteiger partial charge in [0.2, 0.25) is 10.0 Å². The minimum atomic E-state index is -3.45. The number of aryl methyl sites for hydroxylation is 2. The molecule has 0 amide bonds. The van der Waals surface area contributed by atoms with Crippen molar-refractivity contribution in [2.45, 2.75) is 63.7 Å². The molecule has 5 heteroatoms. The maximum absolute atomic E-state index is 12.9. The number of hydrogen-bond acceptors (Lipinski definition) is 3. The Balaban J connectivity index is 1.47. The Hall–Kier alpha value is -0.910. The fourth-order valence-electron chi connectivity index (χ4n) is 5.44. The average Bonchev–Trinajstić information content (AvgIpc) is 3.36. The quantitative estimate of drug-likeness (QED) is 0.802. The molecule has 1 aromatic rings. The lowest BCUT2D eigenvalue weighted by Gasteiger charge is -2.38. The van der Waals surface area contributed by atoms with Crippen LogP contribution in [0.5, 0.6) is 0 Å². The van der Waals surface area contributed by atoms with Crippen LogP contribution in [0.3, 0.4) is 0 Å². The first kappa shape index (κ1) is 19.4. The summed E-state index contributed by atoms with van der Waals surface area (Å²) in [4.78, 5) is 3.07. The summed E-state index contributed by atoms with van der Waals surface area (Å²) in [7, 11) is -3.45. The van der Waals surface area contributed by atoms with Crippen molar-refractivity contribution < 1.29 is 8.42 Å². The van der Waals surface area contributed by atoms with Gasteiger partial charge in [0.15, 0.2) is 0 Å². The van der Waals surface area contributed by atoms with Crippen LogP contribution >= 0.6 is 0 Å². The standard InChI is InChI=1S/C22H34N2O2S/c1-17-6-9-21(18(2)12-17)27(25,26)23-13-20-15-24(14-19-7-8-19)16-22(20)10-4-3-5-11-22/h6,9,12,19-20,23H,3-5,7-8,10-11,13-16H2,1-2H3/t20-/m0/s1. The minimum Gasteiger partial charge on any atom is -0.302 e. The molecule has 2 aliphatic carbocycles. The smallest absolute Gasteiger partial charge is 0.240 e. The monoisotopic (exact) mass is 390 g/mol. The number of likely N-dealkylation sites (tertiary alicyclic amines) is 1. The van der Waals surface area contributed by atoms with Crippen molar-refractivity contribution in [1.82, 2.24) is 9.62 Å². The van der Waals surface area contributed by atoms with Crippen molar-refractivity contribution in [2.75, 3.05) is 26.2 Å². The van der Waals surface area contributed by atoms with E-state index >= 15 is 0 Å². The summed E-state index contributed by atoms with van der Waals surface area (Å²) in [6.07, 6.45) is 9.25. The molecule has 1 spiro atoms. The number of rotatable bonds is 6. The molecule has 0 aromatic heterocycles. The van der Waals surface area contributed by atoms with E-state index in [0.717, 1.165) is 23.6 Å². The Bertz CT molecular complexity index is 780. The van der Waals surface area contributed by atoms with E-state index in [1.54, 1.807) is 6.07 Å². The highest BCUT2D eigenvalue weighted by Crippen LogP contribution is 2.48. The van der Waals surface area contributed by atoms with Crippen LogP contribution in [-0.2, 0) is 10.0 Å². The zero-order chi connectivity index (χ0) is 19.1. The fourth-order valence-corrected chi connectivity index (χ4v) is 6.75. The van der Waals surface area contributed by atoms with E-state index < -0.39 is 10.0 Å². The fraction of sp³-hybridized carbons (Fsp3) is 0.727. The van der Waals surface area contributed by atoms with E-state index in [0.29, 0.717) is 22.8 Å². The summed E-state index contributed by atoms with van der Waals surface area (Å²) < 4.78 is 28.9. The van der Waals surface area contributed by atoms with E-state index in [-0.39, 0.29) is 0 Å². The molecular weight excluding hydrogens is 356 g/mol. The molecule has 0 unspecified atom stereocenters. The van der Waals surface area contributed by atoms with Crippen LogP contribution in [0.15, 0.2) is 23.1 Å². The number of hydrogen-bond donors (Lipinski definition) is 1. The molecule has 1 aromatic carbocycles. The van der Waals surface area contributed by atoms with Crippen LogP contribution in [0.2, 0.25) is 0 Å². The Labute approximate surface area is 164 Å². The Morgan fingerprint density at radius 2 is 1.89 bits per heavy atom. The second kappa shape index (κ2) is 7.49. The number of sulfonamides is 1.